The molecule has 0 aliphatic carbocycles. The quantitative estimate of drug-likeness (QED) is 0.586. The largest absolute Gasteiger partial charge is 0.469 e. The molecule has 1 heterocycles. The molecule has 0 unspecified atom stereocenters. The van der Waals surface area contributed by atoms with Crippen LogP contribution in [-0.2, 0) is 27.2 Å². The van der Waals surface area contributed by atoms with Crippen molar-refractivity contribution in [3.05, 3.63) is 40.4 Å². The molecule has 1 N–H and O–H groups in total. The first-order chi connectivity index (χ1) is 11.6. The van der Waals surface area contributed by atoms with Crippen molar-refractivity contribution in [3.63, 3.8) is 0 Å². The van der Waals surface area contributed by atoms with Gasteiger partial charge in [-0.3, -0.25) is 9.59 Å². The minimum atomic E-state index is -0.198. The Kier molecular flexibility index (Phi) is 6.87. The van der Waals surface area contributed by atoms with Crippen LogP contribution in [-0.4, -0.2) is 29.2 Å². The number of nitrogens with zero attached hydrogens (tertiary/aromatic N) is 2. The molecular weight excluding hydrogens is 326 g/mol. The van der Waals surface area contributed by atoms with E-state index in [1.165, 1.54) is 24.0 Å². The Bertz CT molecular complexity index is 683. The van der Waals surface area contributed by atoms with E-state index in [9.17, 15) is 9.59 Å². The molecule has 1 aromatic carbocycles. The molecule has 0 spiro atoms. The van der Waals surface area contributed by atoms with Gasteiger partial charge in [0.25, 0.3) is 0 Å². The van der Waals surface area contributed by atoms with Gasteiger partial charge >= 0.3 is 5.97 Å². The van der Waals surface area contributed by atoms with E-state index < -0.39 is 0 Å². The lowest BCUT2D eigenvalue weighted by molar-refractivity contribution is -0.140. The van der Waals surface area contributed by atoms with Gasteiger partial charge in [-0.15, -0.1) is 10.2 Å². The molecule has 0 atom stereocenters. The number of carbonyl (C=O) groups excluding carboxylic acids is 2. The minimum absolute atomic E-state index is 0.104. The fourth-order valence-corrected chi connectivity index (χ4v) is 2.91. The molecule has 2 rings (SSSR count). The van der Waals surface area contributed by atoms with Crippen molar-refractivity contribution in [3.8, 4) is 0 Å². The Morgan fingerprint density at radius 2 is 1.92 bits per heavy atom. The number of nitrogens with one attached hydrogen (secondary N) is 1. The minimum Gasteiger partial charge on any atom is -0.469 e. The standard InChI is InChI=1S/C17H21N3O3S/c1-12-7-9-13(10-8-12)11-14(21)18-17-20-19-15(24-17)5-3-4-6-16(22)23-2/h7-10H,3-6,11H2,1-2H3,(H,18,20,21). The summed E-state index contributed by atoms with van der Waals surface area (Å²) in [5.74, 6) is -0.302. The van der Waals surface area contributed by atoms with Gasteiger partial charge < -0.3 is 10.1 Å². The SMILES string of the molecule is COC(=O)CCCCc1nnc(NC(=O)Cc2ccc(C)cc2)s1. The monoisotopic (exact) mass is 347 g/mol. The first kappa shape index (κ1) is 18.1. The Balaban J connectivity index is 1.75. The van der Waals surface area contributed by atoms with Gasteiger partial charge in [-0.1, -0.05) is 41.2 Å². The van der Waals surface area contributed by atoms with Crippen molar-refractivity contribution >= 4 is 28.3 Å². The zero-order valence-electron chi connectivity index (χ0n) is 13.9. The van der Waals surface area contributed by atoms with Crippen LogP contribution in [0, 0.1) is 6.92 Å². The maximum absolute atomic E-state index is 12.0. The summed E-state index contributed by atoms with van der Waals surface area (Å²) in [5, 5.41) is 12.2. The lowest BCUT2D eigenvalue weighted by Crippen LogP contribution is -2.14. The topological polar surface area (TPSA) is 81.2 Å². The molecule has 6 nitrogen and oxygen atoms in total. The van der Waals surface area contributed by atoms with Crippen LogP contribution in [0.25, 0.3) is 0 Å². The molecule has 0 saturated heterocycles. The van der Waals surface area contributed by atoms with E-state index in [-0.39, 0.29) is 11.9 Å². The van der Waals surface area contributed by atoms with Gasteiger partial charge in [-0.2, -0.15) is 0 Å². The Hall–Kier alpha value is -2.28. The van der Waals surface area contributed by atoms with Crippen LogP contribution in [0.5, 0.6) is 0 Å². The first-order valence-electron chi connectivity index (χ1n) is 7.81. The van der Waals surface area contributed by atoms with E-state index in [1.807, 2.05) is 31.2 Å². The van der Waals surface area contributed by atoms with Crippen LogP contribution >= 0.6 is 11.3 Å². The van der Waals surface area contributed by atoms with Crippen molar-refractivity contribution in [2.24, 2.45) is 0 Å². The highest BCUT2D eigenvalue weighted by atomic mass is 32.1. The van der Waals surface area contributed by atoms with Crippen molar-refractivity contribution in [2.75, 3.05) is 12.4 Å². The normalized spacial score (nSPS) is 10.4. The van der Waals surface area contributed by atoms with E-state index in [0.717, 1.165) is 29.8 Å². The third-order valence-electron chi connectivity index (χ3n) is 3.45. The van der Waals surface area contributed by atoms with Gasteiger partial charge in [-0.25, -0.2) is 0 Å². The zero-order chi connectivity index (χ0) is 17.4. The van der Waals surface area contributed by atoms with E-state index in [4.69, 9.17) is 0 Å². The van der Waals surface area contributed by atoms with Gasteiger partial charge in [0.15, 0.2) is 0 Å². The molecule has 0 radical (unpaired) electrons. The van der Waals surface area contributed by atoms with Gasteiger partial charge in [0, 0.05) is 12.8 Å². The van der Waals surface area contributed by atoms with Crippen LogP contribution in [0.1, 0.15) is 35.4 Å². The van der Waals surface area contributed by atoms with E-state index in [0.29, 0.717) is 18.0 Å². The van der Waals surface area contributed by atoms with Crippen LogP contribution in [0.3, 0.4) is 0 Å². The lowest BCUT2D eigenvalue weighted by Gasteiger charge is -2.02. The van der Waals surface area contributed by atoms with Gasteiger partial charge in [-0.05, 0) is 25.3 Å². The van der Waals surface area contributed by atoms with Crippen molar-refractivity contribution in [1.29, 1.82) is 0 Å². The van der Waals surface area contributed by atoms with E-state index in [1.54, 1.807) is 0 Å². The van der Waals surface area contributed by atoms with Crippen molar-refractivity contribution < 1.29 is 14.3 Å². The lowest BCUT2D eigenvalue weighted by atomic mass is 10.1. The molecule has 0 aliphatic heterocycles. The summed E-state index contributed by atoms with van der Waals surface area (Å²) in [4.78, 5) is 23.0. The predicted octanol–water partition coefficient (Wildman–Crippen LogP) is 2.91. The summed E-state index contributed by atoms with van der Waals surface area (Å²) in [6.07, 6.45) is 3.05. The van der Waals surface area contributed by atoms with Crippen LogP contribution in [0.2, 0.25) is 0 Å². The fourth-order valence-electron chi connectivity index (χ4n) is 2.11. The smallest absolute Gasteiger partial charge is 0.305 e. The predicted molar refractivity (Wildman–Crippen MR) is 93.0 cm³/mol. The Morgan fingerprint density at radius 3 is 2.62 bits per heavy atom. The van der Waals surface area contributed by atoms with Crippen LogP contribution < -0.4 is 5.32 Å². The molecule has 0 fully saturated rings. The number of amides is 1. The molecule has 7 heteroatoms. The summed E-state index contributed by atoms with van der Waals surface area (Å²) in [7, 11) is 1.39. The van der Waals surface area contributed by atoms with Gasteiger partial charge in [0.2, 0.25) is 11.0 Å². The zero-order valence-corrected chi connectivity index (χ0v) is 14.7. The number of unbranched alkanes of at least 4 members (excludes halogenated alkanes) is 1. The molecule has 1 aromatic heterocycles. The number of anilines is 1. The molecule has 0 aliphatic rings. The summed E-state index contributed by atoms with van der Waals surface area (Å²) in [6, 6.07) is 7.86. The highest BCUT2D eigenvalue weighted by molar-refractivity contribution is 7.15. The number of carbonyl (C=O) groups is 2. The molecular formula is C17H21N3O3S. The number of aromatic nitrogens is 2. The number of aryl methyl sites for hydroxylation is 2. The van der Waals surface area contributed by atoms with Crippen LogP contribution in [0.4, 0.5) is 5.13 Å². The second-order valence-corrected chi connectivity index (χ2v) is 6.56. The highest BCUT2D eigenvalue weighted by Crippen LogP contribution is 2.18. The van der Waals surface area contributed by atoms with Gasteiger partial charge in [0.05, 0.1) is 13.5 Å². The second-order valence-electron chi connectivity index (χ2n) is 5.49. The maximum Gasteiger partial charge on any atom is 0.305 e. The fraction of sp³-hybridized carbons (Fsp3) is 0.412. The van der Waals surface area contributed by atoms with E-state index in [2.05, 4.69) is 20.3 Å². The Labute approximate surface area is 145 Å². The summed E-state index contributed by atoms with van der Waals surface area (Å²) in [6.45, 7) is 2.01. The number of methoxy groups -OCH3 is 1. The second kappa shape index (κ2) is 9.12. The average molecular weight is 347 g/mol. The highest BCUT2D eigenvalue weighted by Gasteiger charge is 2.09. The number of ether oxygens (including phenoxy) is 1. The molecule has 24 heavy (non-hydrogen) atoms. The number of hydrogen-bond donors (Lipinski definition) is 1. The molecule has 1 amide bonds. The average Bonchev–Trinajstić information content (AvgIpc) is 3.00. The summed E-state index contributed by atoms with van der Waals surface area (Å²) < 4.78 is 4.59. The third-order valence-corrected chi connectivity index (χ3v) is 4.35. The van der Waals surface area contributed by atoms with Crippen molar-refractivity contribution in [1.82, 2.24) is 10.2 Å². The molecule has 2 aromatic rings. The van der Waals surface area contributed by atoms with E-state index >= 15 is 0 Å². The molecule has 128 valence electrons. The van der Waals surface area contributed by atoms with Crippen molar-refractivity contribution in [2.45, 2.75) is 39.0 Å². The number of rotatable bonds is 8. The third kappa shape index (κ3) is 6.08. The maximum atomic E-state index is 12.0. The number of esters is 1. The number of benzene rings is 1. The number of hydrogen-bond acceptors (Lipinski definition) is 6. The van der Waals surface area contributed by atoms with Gasteiger partial charge in [0.1, 0.15) is 5.01 Å². The first-order valence-corrected chi connectivity index (χ1v) is 8.63. The Morgan fingerprint density at radius 1 is 1.17 bits per heavy atom. The van der Waals surface area contributed by atoms with Crippen LogP contribution in [0.15, 0.2) is 24.3 Å². The molecule has 0 saturated carbocycles. The molecule has 0 bridgehead atoms. The summed E-state index contributed by atoms with van der Waals surface area (Å²) >= 11 is 1.37. The summed E-state index contributed by atoms with van der Waals surface area (Å²) in [5.41, 5.74) is 2.13.